The van der Waals surface area contributed by atoms with Gasteiger partial charge < -0.3 is 0 Å². The van der Waals surface area contributed by atoms with Gasteiger partial charge in [0, 0.05) is 0 Å². The number of aromatic nitrogens is 1. The quantitative estimate of drug-likeness (QED) is 0.634. The van der Waals surface area contributed by atoms with E-state index in [0.717, 1.165) is 12.8 Å². The summed E-state index contributed by atoms with van der Waals surface area (Å²) in [6.07, 6.45) is 10.7. The Bertz CT molecular complexity index is 347. The molecule has 0 radical (unpaired) electrons. The fourth-order valence-corrected chi connectivity index (χ4v) is 3.30. The van der Waals surface area contributed by atoms with Crippen molar-refractivity contribution in [3.05, 3.63) is 40.2 Å². The minimum atomic E-state index is 0.194. The van der Waals surface area contributed by atoms with Gasteiger partial charge in [-0.2, -0.15) is 0 Å². The molecule has 2 heteroatoms. The number of allylic oxidation sites excluding steroid dienone is 3. The summed E-state index contributed by atoms with van der Waals surface area (Å²) in [5.41, 5.74) is 3.03. The maximum atomic E-state index is 3.42. The van der Waals surface area contributed by atoms with Crippen molar-refractivity contribution in [1.29, 1.82) is 0 Å². The molecule has 1 nitrogen and oxygen atoms in total. The topological polar surface area (TPSA) is 15.8 Å². The van der Waals surface area contributed by atoms with Crippen LogP contribution in [0, 0.1) is 0 Å². The predicted molar refractivity (Wildman–Crippen MR) is 63.1 cm³/mol. The number of hydrogen-bond donors (Lipinski definition) is 1. The first-order valence-electron chi connectivity index (χ1n) is 5.41. The van der Waals surface area contributed by atoms with E-state index >= 15 is 0 Å². The summed E-state index contributed by atoms with van der Waals surface area (Å²) < 4.78 is 3.75. The van der Waals surface area contributed by atoms with Gasteiger partial charge in [0.15, 0.2) is 0 Å². The summed E-state index contributed by atoms with van der Waals surface area (Å²) in [6.45, 7) is 6.50. The molecule has 0 aliphatic rings. The molecule has 0 atom stereocenters. The van der Waals surface area contributed by atoms with Gasteiger partial charge in [0.1, 0.15) is 0 Å². The van der Waals surface area contributed by atoms with Gasteiger partial charge in [-0.25, -0.2) is 0 Å². The van der Waals surface area contributed by atoms with Crippen LogP contribution in [0.4, 0.5) is 0 Å². The van der Waals surface area contributed by atoms with Crippen LogP contribution in [0.25, 0.3) is 0 Å². The van der Waals surface area contributed by atoms with Gasteiger partial charge in [0.05, 0.1) is 0 Å². The summed E-state index contributed by atoms with van der Waals surface area (Å²) in [5, 5.41) is 0. The Morgan fingerprint density at radius 1 is 1.27 bits per heavy atom. The standard InChI is InChI=1S/C8H12N.C5H7.Ru/c1-3-7-5-9-6-8(7)4-2;1-3-5-4-2;/h5,9H,3-4H2,1-2H3;1,3-5H,2H3;. The molecule has 0 aromatic carbocycles. The third kappa shape index (κ3) is 3.46. The van der Waals surface area contributed by atoms with Gasteiger partial charge >= 0.3 is 100 Å². The van der Waals surface area contributed by atoms with E-state index in [0.29, 0.717) is 0 Å². The molecule has 15 heavy (non-hydrogen) atoms. The molecule has 1 aromatic heterocycles. The van der Waals surface area contributed by atoms with Gasteiger partial charge in [-0.05, 0) is 0 Å². The van der Waals surface area contributed by atoms with Crippen LogP contribution in [0.2, 0.25) is 0 Å². The molecule has 0 amide bonds. The van der Waals surface area contributed by atoms with Gasteiger partial charge in [-0.15, -0.1) is 0 Å². The molecule has 0 saturated carbocycles. The Kier molecular flexibility index (Phi) is 5.64. The van der Waals surface area contributed by atoms with Crippen LogP contribution in [-0.4, -0.2) is 4.98 Å². The molecule has 1 N–H and O–H groups in total. The normalized spacial score (nSPS) is 12.2. The zero-order valence-electron chi connectivity index (χ0n) is 9.65. The van der Waals surface area contributed by atoms with Crippen molar-refractivity contribution in [2.24, 2.45) is 0 Å². The zero-order valence-corrected chi connectivity index (χ0v) is 11.4. The Morgan fingerprint density at radius 3 is 2.67 bits per heavy atom. The van der Waals surface area contributed by atoms with Crippen molar-refractivity contribution >= 4 is 4.29 Å². The average molecular weight is 290 g/mol. The number of aryl methyl sites for hydroxylation is 1. The van der Waals surface area contributed by atoms with Crippen molar-refractivity contribution in [3.8, 4) is 0 Å². The monoisotopic (exact) mass is 291 g/mol. The summed E-state index contributed by atoms with van der Waals surface area (Å²) in [6, 6.07) is 0. The molecule has 0 aliphatic heterocycles. The fraction of sp³-hybridized carbons (Fsp3) is 0.385. The van der Waals surface area contributed by atoms with Crippen molar-refractivity contribution in [2.45, 2.75) is 33.6 Å². The fourth-order valence-electron chi connectivity index (χ4n) is 1.49. The first kappa shape index (κ1) is 12.5. The van der Waals surface area contributed by atoms with Crippen molar-refractivity contribution in [3.63, 3.8) is 0 Å². The first-order chi connectivity index (χ1) is 7.33. The summed E-state index contributed by atoms with van der Waals surface area (Å²) in [7, 11) is 0. The third-order valence-electron chi connectivity index (χ3n) is 2.28. The summed E-state index contributed by atoms with van der Waals surface area (Å²) in [5.74, 6) is 0. The SMILES string of the molecule is CC=CC=[CH][Ru][c]1[nH]cc(CC)c1CC. The van der Waals surface area contributed by atoms with E-state index in [2.05, 4.69) is 47.9 Å². The van der Waals surface area contributed by atoms with Crippen LogP contribution in [0.5, 0.6) is 0 Å². The molecule has 0 fully saturated rings. The molecule has 1 aromatic rings. The second-order valence-corrected chi connectivity index (χ2v) is 5.19. The second kappa shape index (κ2) is 6.79. The number of rotatable bonds is 5. The van der Waals surface area contributed by atoms with E-state index in [9.17, 15) is 0 Å². The van der Waals surface area contributed by atoms with E-state index in [1.54, 1.807) is 5.56 Å². The Morgan fingerprint density at radius 2 is 2.07 bits per heavy atom. The molecular weight excluding hydrogens is 271 g/mol. The van der Waals surface area contributed by atoms with Gasteiger partial charge in [0.25, 0.3) is 0 Å². The summed E-state index contributed by atoms with van der Waals surface area (Å²) >= 11 is 0.194. The van der Waals surface area contributed by atoms with Crippen molar-refractivity contribution < 1.29 is 17.1 Å². The average Bonchev–Trinajstić information content (AvgIpc) is 2.66. The van der Waals surface area contributed by atoms with Gasteiger partial charge in [-0.1, -0.05) is 0 Å². The zero-order chi connectivity index (χ0) is 11.1. The van der Waals surface area contributed by atoms with E-state index in [4.69, 9.17) is 0 Å². The Labute approximate surface area is 100 Å². The predicted octanol–water partition coefficient (Wildman–Crippen LogP) is 2.94. The molecule has 1 heterocycles. The molecular formula is C13H19NRu. The molecule has 0 saturated heterocycles. The number of aromatic amines is 1. The molecule has 1 rings (SSSR count). The van der Waals surface area contributed by atoms with Crippen LogP contribution in [-0.2, 0) is 30.0 Å². The summed E-state index contributed by atoms with van der Waals surface area (Å²) in [4.78, 5) is 3.42. The van der Waals surface area contributed by atoms with E-state index in [-0.39, 0.29) is 17.1 Å². The van der Waals surface area contributed by atoms with Gasteiger partial charge in [0.2, 0.25) is 0 Å². The molecule has 0 aliphatic carbocycles. The molecule has 0 spiro atoms. The van der Waals surface area contributed by atoms with Crippen LogP contribution in [0.3, 0.4) is 0 Å². The molecule has 0 bridgehead atoms. The number of nitrogens with one attached hydrogen (secondary N) is 1. The third-order valence-corrected chi connectivity index (χ3v) is 4.18. The van der Waals surface area contributed by atoms with Crippen molar-refractivity contribution in [2.75, 3.05) is 0 Å². The van der Waals surface area contributed by atoms with Crippen LogP contribution < -0.4 is 4.29 Å². The Hall–Kier alpha value is -0.617. The van der Waals surface area contributed by atoms with Crippen LogP contribution >= 0.6 is 0 Å². The number of hydrogen-bond acceptors (Lipinski definition) is 0. The van der Waals surface area contributed by atoms with E-state index in [1.165, 1.54) is 9.85 Å². The second-order valence-electron chi connectivity index (χ2n) is 3.24. The van der Waals surface area contributed by atoms with Crippen LogP contribution in [0.1, 0.15) is 31.9 Å². The number of H-pyrrole nitrogens is 1. The van der Waals surface area contributed by atoms with E-state index in [1.807, 2.05) is 6.92 Å². The first-order valence-corrected chi connectivity index (χ1v) is 7.28. The van der Waals surface area contributed by atoms with Gasteiger partial charge in [-0.3, -0.25) is 0 Å². The molecule has 0 unspecified atom stereocenters. The molecule has 84 valence electrons. The maximum absolute atomic E-state index is 3.42. The van der Waals surface area contributed by atoms with Crippen LogP contribution in [0.15, 0.2) is 29.1 Å². The van der Waals surface area contributed by atoms with E-state index < -0.39 is 0 Å². The van der Waals surface area contributed by atoms with Crippen molar-refractivity contribution in [1.82, 2.24) is 4.98 Å². The Balaban J connectivity index is 2.72. The minimum absolute atomic E-state index is 0.194.